The van der Waals surface area contributed by atoms with Gasteiger partial charge in [-0.25, -0.2) is 4.98 Å². The zero-order chi connectivity index (χ0) is 17.2. The van der Waals surface area contributed by atoms with Gasteiger partial charge in [-0.2, -0.15) is 0 Å². The smallest absolute Gasteiger partial charge is 0.237 e. The normalized spacial score (nSPS) is 19.8. The van der Waals surface area contributed by atoms with E-state index in [1.165, 1.54) is 11.1 Å². The third-order valence-electron chi connectivity index (χ3n) is 4.87. The van der Waals surface area contributed by atoms with Crippen LogP contribution in [0.4, 0.5) is 0 Å². The summed E-state index contributed by atoms with van der Waals surface area (Å²) in [4.78, 5) is 18.5. The number of fused-ring (bicyclic) bond motifs is 1. The minimum atomic E-state index is -0.0680. The lowest BCUT2D eigenvalue weighted by atomic mass is 9.71. The van der Waals surface area contributed by atoms with E-state index in [9.17, 15) is 4.79 Å². The highest BCUT2D eigenvalue weighted by molar-refractivity contribution is 6.27. The van der Waals surface area contributed by atoms with E-state index in [0.717, 1.165) is 25.0 Å². The molecule has 1 aromatic heterocycles. The Balaban J connectivity index is 1.86. The van der Waals surface area contributed by atoms with Crippen LogP contribution in [-0.2, 0) is 23.2 Å². The van der Waals surface area contributed by atoms with Crippen LogP contribution in [0.25, 0.3) is 0 Å². The summed E-state index contributed by atoms with van der Waals surface area (Å²) >= 11 is 5.85. The Morgan fingerprint density at radius 2 is 2.21 bits per heavy atom. The van der Waals surface area contributed by atoms with Crippen molar-refractivity contribution in [3.63, 3.8) is 0 Å². The summed E-state index contributed by atoms with van der Waals surface area (Å²) < 4.78 is 5.27. The molecule has 0 bridgehead atoms. The number of oxazole rings is 1. The number of amides is 1. The zero-order valence-corrected chi connectivity index (χ0v) is 15.0. The van der Waals surface area contributed by atoms with Crippen LogP contribution in [0.3, 0.4) is 0 Å². The van der Waals surface area contributed by atoms with Gasteiger partial charge in [-0.1, -0.05) is 31.2 Å². The molecule has 1 heterocycles. The van der Waals surface area contributed by atoms with Crippen molar-refractivity contribution in [2.45, 2.75) is 45.1 Å². The molecular weight excluding hydrogens is 324 g/mol. The van der Waals surface area contributed by atoms with Gasteiger partial charge in [-0.15, -0.1) is 11.6 Å². The molecule has 3 rings (SSSR count). The Morgan fingerprint density at radius 1 is 1.42 bits per heavy atom. The molecule has 1 aromatic carbocycles. The van der Waals surface area contributed by atoms with Gasteiger partial charge in [0, 0.05) is 18.9 Å². The van der Waals surface area contributed by atoms with E-state index in [2.05, 4.69) is 36.2 Å². The van der Waals surface area contributed by atoms with Gasteiger partial charge in [0.2, 0.25) is 5.91 Å². The fourth-order valence-corrected chi connectivity index (χ4v) is 3.88. The fraction of sp³-hybridized carbons (Fsp3) is 0.474. The lowest BCUT2D eigenvalue weighted by Gasteiger charge is -2.39. The maximum atomic E-state index is 12.4. The van der Waals surface area contributed by atoms with Crippen LogP contribution in [0, 0.1) is 6.92 Å². The Hall–Kier alpha value is -1.81. The summed E-state index contributed by atoms with van der Waals surface area (Å²) in [6.45, 7) is 5.12. The SMILES string of the molecule is Cc1nc(CN(CC2(C)CCCc3ccccc32)C(=O)CCl)co1. The minimum Gasteiger partial charge on any atom is -0.449 e. The molecule has 1 amide bonds. The molecule has 0 saturated carbocycles. The van der Waals surface area contributed by atoms with Crippen molar-refractivity contribution in [3.05, 3.63) is 53.2 Å². The van der Waals surface area contributed by atoms with Gasteiger partial charge >= 0.3 is 0 Å². The van der Waals surface area contributed by atoms with Gasteiger partial charge < -0.3 is 9.32 Å². The maximum absolute atomic E-state index is 12.4. The Bertz CT molecular complexity index is 728. The summed E-state index contributed by atoms with van der Waals surface area (Å²) in [5.74, 6) is 0.522. The van der Waals surface area contributed by atoms with Crippen LogP contribution in [0.5, 0.6) is 0 Å². The molecule has 1 aliphatic rings. The molecule has 2 aromatic rings. The highest BCUT2D eigenvalue weighted by Gasteiger charge is 2.35. The van der Waals surface area contributed by atoms with E-state index < -0.39 is 0 Å². The van der Waals surface area contributed by atoms with E-state index in [-0.39, 0.29) is 17.2 Å². The average Bonchev–Trinajstić information content (AvgIpc) is 2.99. The first-order chi connectivity index (χ1) is 11.5. The second kappa shape index (κ2) is 6.98. The number of aromatic nitrogens is 1. The molecule has 4 nitrogen and oxygen atoms in total. The Morgan fingerprint density at radius 3 is 2.92 bits per heavy atom. The van der Waals surface area contributed by atoms with Crippen molar-refractivity contribution in [1.82, 2.24) is 9.88 Å². The van der Waals surface area contributed by atoms with Crippen molar-refractivity contribution in [2.75, 3.05) is 12.4 Å². The van der Waals surface area contributed by atoms with Crippen molar-refractivity contribution in [1.29, 1.82) is 0 Å². The summed E-state index contributed by atoms with van der Waals surface area (Å²) in [7, 11) is 0. The van der Waals surface area contributed by atoms with Crippen molar-refractivity contribution in [2.24, 2.45) is 0 Å². The number of rotatable bonds is 5. The van der Waals surface area contributed by atoms with Crippen molar-refractivity contribution < 1.29 is 9.21 Å². The maximum Gasteiger partial charge on any atom is 0.237 e. The van der Waals surface area contributed by atoms with Crippen LogP contribution in [-0.4, -0.2) is 28.2 Å². The van der Waals surface area contributed by atoms with Gasteiger partial charge in [-0.05, 0) is 30.4 Å². The largest absolute Gasteiger partial charge is 0.449 e. The van der Waals surface area contributed by atoms with E-state index in [0.29, 0.717) is 19.0 Å². The van der Waals surface area contributed by atoms with Crippen LogP contribution >= 0.6 is 11.6 Å². The molecule has 0 fully saturated rings. The van der Waals surface area contributed by atoms with Crippen LogP contribution < -0.4 is 0 Å². The fourth-order valence-electron chi connectivity index (χ4n) is 3.71. The topological polar surface area (TPSA) is 46.3 Å². The van der Waals surface area contributed by atoms with Gasteiger partial charge in [0.05, 0.1) is 12.2 Å². The Kier molecular flexibility index (Phi) is 4.95. The van der Waals surface area contributed by atoms with Gasteiger partial charge in [0.15, 0.2) is 5.89 Å². The van der Waals surface area contributed by atoms with E-state index in [1.807, 2.05) is 4.90 Å². The van der Waals surface area contributed by atoms with E-state index in [1.54, 1.807) is 13.2 Å². The lowest BCUT2D eigenvalue weighted by molar-refractivity contribution is -0.130. The molecule has 0 N–H and O–H groups in total. The number of hydrogen-bond donors (Lipinski definition) is 0. The third-order valence-corrected chi connectivity index (χ3v) is 5.10. The molecule has 1 unspecified atom stereocenters. The summed E-state index contributed by atoms with van der Waals surface area (Å²) in [6.07, 6.45) is 4.92. The minimum absolute atomic E-state index is 0.0193. The molecule has 0 spiro atoms. The highest BCUT2D eigenvalue weighted by Crippen LogP contribution is 2.38. The number of alkyl halides is 1. The molecule has 5 heteroatoms. The molecule has 0 saturated heterocycles. The van der Waals surface area contributed by atoms with Crippen LogP contribution in [0.2, 0.25) is 0 Å². The summed E-state index contributed by atoms with van der Waals surface area (Å²) in [5.41, 5.74) is 3.44. The van der Waals surface area contributed by atoms with E-state index in [4.69, 9.17) is 16.0 Å². The molecule has 128 valence electrons. The number of hydrogen-bond acceptors (Lipinski definition) is 3. The van der Waals surface area contributed by atoms with E-state index >= 15 is 0 Å². The average molecular weight is 347 g/mol. The summed E-state index contributed by atoms with van der Waals surface area (Å²) in [6, 6.07) is 8.56. The molecule has 0 aliphatic heterocycles. The monoisotopic (exact) mass is 346 g/mol. The zero-order valence-electron chi connectivity index (χ0n) is 14.2. The lowest BCUT2D eigenvalue weighted by Crippen LogP contribution is -2.44. The van der Waals surface area contributed by atoms with Crippen LogP contribution in [0.1, 0.15) is 42.5 Å². The standard InChI is InChI=1S/C19H23ClN2O2/c1-14-21-16(12-24-14)11-22(18(23)10-20)13-19(2)9-5-7-15-6-3-4-8-17(15)19/h3-4,6,8,12H,5,7,9-11,13H2,1-2H3. The van der Waals surface area contributed by atoms with Gasteiger partial charge in [0.25, 0.3) is 0 Å². The number of benzene rings is 1. The first kappa shape index (κ1) is 17.0. The molecule has 24 heavy (non-hydrogen) atoms. The first-order valence-corrected chi connectivity index (χ1v) is 8.88. The summed E-state index contributed by atoms with van der Waals surface area (Å²) in [5, 5.41) is 0. The van der Waals surface area contributed by atoms with Crippen molar-refractivity contribution in [3.8, 4) is 0 Å². The quantitative estimate of drug-likeness (QED) is 0.773. The van der Waals surface area contributed by atoms with Crippen molar-refractivity contribution >= 4 is 17.5 Å². The molecular formula is C19H23ClN2O2. The number of carbonyl (C=O) groups is 1. The number of halogens is 1. The highest BCUT2D eigenvalue weighted by atomic mass is 35.5. The first-order valence-electron chi connectivity index (χ1n) is 8.35. The van der Waals surface area contributed by atoms with Gasteiger partial charge in [0.1, 0.15) is 12.1 Å². The van der Waals surface area contributed by atoms with Crippen LogP contribution in [0.15, 0.2) is 34.9 Å². The number of nitrogens with zero attached hydrogens (tertiary/aromatic N) is 2. The van der Waals surface area contributed by atoms with Gasteiger partial charge in [-0.3, -0.25) is 4.79 Å². The molecule has 1 atom stereocenters. The number of carbonyl (C=O) groups excluding carboxylic acids is 1. The Labute approximate surface area is 147 Å². The third kappa shape index (κ3) is 3.48. The second-order valence-corrected chi connectivity index (χ2v) is 7.08. The number of aryl methyl sites for hydroxylation is 2. The molecule has 1 aliphatic carbocycles. The predicted molar refractivity (Wildman–Crippen MR) is 94.1 cm³/mol. The second-order valence-electron chi connectivity index (χ2n) is 6.81. The predicted octanol–water partition coefficient (Wildman–Crippen LogP) is 3.84. The molecule has 0 radical (unpaired) electrons.